The van der Waals surface area contributed by atoms with Gasteiger partial charge in [0, 0.05) is 12.1 Å². The van der Waals surface area contributed by atoms with Crippen molar-refractivity contribution < 1.29 is 9.32 Å². The Morgan fingerprint density at radius 2 is 1.78 bits per heavy atom. The summed E-state index contributed by atoms with van der Waals surface area (Å²) in [4.78, 5) is 21.6. The summed E-state index contributed by atoms with van der Waals surface area (Å²) >= 11 is 0. The molecule has 1 amide bonds. The van der Waals surface area contributed by atoms with Gasteiger partial charge in [0.15, 0.2) is 5.82 Å². The number of amides is 1. The third kappa shape index (κ3) is 3.57. The van der Waals surface area contributed by atoms with Crippen LogP contribution in [0.5, 0.6) is 0 Å². The highest BCUT2D eigenvalue weighted by Crippen LogP contribution is 2.34. The molecule has 0 saturated carbocycles. The lowest BCUT2D eigenvalue weighted by molar-refractivity contribution is 0.0728. The highest BCUT2D eigenvalue weighted by atomic mass is 16.5. The lowest BCUT2D eigenvalue weighted by Gasteiger charge is -2.23. The molecule has 1 unspecified atom stereocenters. The smallest absolute Gasteiger partial charge is 0.258 e. The third-order valence-corrected chi connectivity index (χ3v) is 5.89. The minimum Gasteiger partial charge on any atom is -0.334 e. The highest BCUT2D eigenvalue weighted by Gasteiger charge is 2.35. The van der Waals surface area contributed by atoms with E-state index in [4.69, 9.17) is 4.52 Å². The van der Waals surface area contributed by atoms with Crippen molar-refractivity contribution in [3.05, 3.63) is 76.9 Å². The monoisotopic (exact) mass is 428 g/mol. The van der Waals surface area contributed by atoms with Gasteiger partial charge in [0.25, 0.3) is 11.8 Å². The van der Waals surface area contributed by atoms with Gasteiger partial charge < -0.3 is 9.42 Å². The van der Waals surface area contributed by atoms with Crippen molar-refractivity contribution in [2.24, 2.45) is 0 Å². The van der Waals surface area contributed by atoms with Crippen LogP contribution in [-0.2, 0) is 0 Å². The predicted octanol–water partition coefficient (Wildman–Crippen LogP) is 4.22. The second-order valence-electron chi connectivity index (χ2n) is 8.27. The van der Waals surface area contributed by atoms with E-state index in [0.717, 1.165) is 35.1 Å². The van der Waals surface area contributed by atoms with Crippen molar-refractivity contribution in [2.45, 2.75) is 39.7 Å². The number of aromatic nitrogens is 5. The van der Waals surface area contributed by atoms with E-state index in [0.29, 0.717) is 29.5 Å². The van der Waals surface area contributed by atoms with Crippen LogP contribution in [0.15, 0.2) is 53.3 Å². The lowest BCUT2D eigenvalue weighted by Crippen LogP contribution is -2.32. The molecule has 0 radical (unpaired) electrons. The molecule has 0 N–H and O–H groups in total. The summed E-state index contributed by atoms with van der Waals surface area (Å²) in [5, 5.41) is 12.7. The van der Waals surface area contributed by atoms with Crippen LogP contribution in [0.1, 0.15) is 51.8 Å². The number of likely N-dealkylation sites (tertiary alicyclic amines) is 1. The van der Waals surface area contributed by atoms with Gasteiger partial charge in [-0.3, -0.25) is 4.79 Å². The maximum Gasteiger partial charge on any atom is 0.258 e. The number of hydrogen-bond acceptors (Lipinski definition) is 6. The van der Waals surface area contributed by atoms with E-state index in [1.54, 1.807) is 12.4 Å². The van der Waals surface area contributed by atoms with Crippen LogP contribution in [0.3, 0.4) is 0 Å². The van der Waals surface area contributed by atoms with Crippen molar-refractivity contribution in [2.75, 3.05) is 6.54 Å². The fourth-order valence-electron chi connectivity index (χ4n) is 4.21. The molecule has 8 nitrogen and oxygen atoms in total. The van der Waals surface area contributed by atoms with Gasteiger partial charge in [-0.1, -0.05) is 28.9 Å². The van der Waals surface area contributed by atoms with Crippen LogP contribution in [0.4, 0.5) is 0 Å². The molecule has 162 valence electrons. The lowest BCUT2D eigenvalue weighted by atomic mass is 10.1. The van der Waals surface area contributed by atoms with Gasteiger partial charge >= 0.3 is 0 Å². The SMILES string of the molecule is Cc1ccc(C)c(-c2nc(C3CCCN3C(=O)c3ccc(C)cc3-n3nccn3)no2)c1. The van der Waals surface area contributed by atoms with E-state index >= 15 is 0 Å². The van der Waals surface area contributed by atoms with E-state index in [2.05, 4.69) is 26.4 Å². The molecule has 0 bridgehead atoms. The van der Waals surface area contributed by atoms with Crippen LogP contribution in [0, 0.1) is 20.8 Å². The van der Waals surface area contributed by atoms with Gasteiger partial charge in [-0.05, 0) is 62.9 Å². The maximum absolute atomic E-state index is 13.6. The average molecular weight is 428 g/mol. The van der Waals surface area contributed by atoms with E-state index in [1.165, 1.54) is 4.80 Å². The van der Waals surface area contributed by atoms with E-state index in [-0.39, 0.29) is 11.9 Å². The Hall–Kier alpha value is -3.81. The summed E-state index contributed by atoms with van der Waals surface area (Å²) in [6.07, 6.45) is 4.87. The Labute approximate surface area is 185 Å². The second kappa shape index (κ2) is 8.03. The first-order valence-corrected chi connectivity index (χ1v) is 10.7. The zero-order valence-corrected chi connectivity index (χ0v) is 18.3. The molecule has 1 aliphatic heterocycles. The number of aryl methyl sites for hydroxylation is 3. The topological polar surface area (TPSA) is 89.9 Å². The molecule has 5 rings (SSSR count). The zero-order chi connectivity index (χ0) is 22.2. The second-order valence-corrected chi connectivity index (χ2v) is 8.27. The number of carbonyl (C=O) groups is 1. The van der Waals surface area contributed by atoms with Gasteiger partial charge in [0.1, 0.15) is 0 Å². The first kappa shape index (κ1) is 20.1. The Bertz CT molecular complexity index is 1280. The van der Waals surface area contributed by atoms with Gasteiger partial charge in [0.05, 0.1) is 29.7 Å². The summed E-state index contributed by atoms with van der Waals surface area (Å²) in [5.74, 6) is 0.938. The molecule has 0 aliphatic carbocycles. The van der Waals surface area contributed by atoms with Gasteiger partial charge in [-0.25, -0.2) is 0 Å². The Kier molecular flexibility index (Phi) is 5.05. The van der Waals surface area contributed by atoms with Crippen LogP contribution in [0.2, 0.25) is 0 Å². The minimum absolute atomic E-state index is 0.0853. The molecule has 2 aromatic heterocycles. The first-order valence-electron chi connectivity index (χ1n) is 10.7. The van der Waals surface area contributed by atoms with Crippen LogP contribution in [-0.4, -0.2) is 42.5 Å². The summed E-state index contributed by atoms with van der Waals surface area (Å²) in [6, 6.07) is 11.6. The van der Waals surface area contributed by atoms with E-state index in [1.807, 2.05) is 56.0 Å². The quantitative estimate of drug-likeness (QED) is 0.483. The molecular formula is C24H24N6O2. The zero-order valence-electron chi connectivity index (χ0n) is 18.3. The summed E-state index contributed by atoms with van der Waals surface area (Å²) in [7, 11) is 0. The van der Waals surface area contributed by atoms with E-state index < -0.39 is 0 Å². The van der Waals surface area contributed by atoms with Crippen molar-refractivity contribution in [1.29, 1.82) is 0 Å². The van der Waals surface area contributed by atoms with Crippen LogP contribution in [0.25, 0.3) is 17.1 Å². The van der Waals surface area contributed by atoms with Crippen LogP contribution >= 0.6 is 0 Å². The Balaban J connectivity index is 1.47. The molecule has 1 aliphatic rings. The number of benzene rings is 2. The van der Waals surface area contributed by atoms with Gasteiger partial charge in [0.2, 0.25) is 0 Å². The predicted molar refractivity (Wildman–Crippen MR) is 118 cm³/mol. The summed E-state index contributed by atoms with van der Waals surface area (Å²) < 4.78 is 5.61. The Morgan fingerprint density at radius 3 is 2.59 bits per heavy atom. The van der Waals surface area contributed by atoms with Crippen molar-refractivity contribution in [3.8, 4) is 17.1 Å². The van der Waals surface area contributed by atoms with Crippen molar-refractivity contribution >= 4 is 5.91 Å². The van der Waals surface area contributed by atoms with Crippen LogP contribution < -0.4 is 0 Å². The molecule has 32 heavy (non-hydrogen) atoms. The Morgan fingerprint density at radius 1 is 1.03 bits per heavy atom. The molecule has 1 saturated heterocycles. The normalized spacial score (nSPS) is 16.0. The van der Waals surface area contributed by atoms with Gasteiger partial charge in [-0.2, -0.15) is 20.0 Å². The maximum atomic E-state index is 13.6. The first-order chi connectivity index (χ1) is 15.5. The molecular weight excluding hydrogens is 404 g/mol. The average Bonchev–Trinajstić information content (AvgIpc) is 3.55. The molecule has 3 heterocycles. The molecule has 1 atom stereocenters. The molecule has 8 heteroatoms. The number of rotatable bonds is 4. The molecule has 0 spiro atoms. The summed E-state index contributed by atoms with van der Waals surface area (Å²) in [5.41, 5.74) is 5.36. The molecule has 4 aromatic rings. The third-order valence-electron chi connectivity index (χ3n) is 5.89. The molecule has 2 aromatic carbocycles. The van der Waals surface area contributed by atoms with E-state index in [9.17, 15) is 4.79 Å². The number of carbonyl (C=O) groups excluding carboxylic acids is 1. The largest absolute Gasteiger partial charge is 0.334 e. The summed E-state index contributed by atoms with van der Waals surface area (Å²) in [6.45, 7) is 6.67. The number of hydrogen-bond donors (Lipinski definition) is 0. The standard InChI is InChI=1S/C24H24N6O2/c1-15-6-8-17(3)19(13-15)23-27-22(28-32-23)20-5-4-12-29(20)24(31)18-9-7-16(2)14-21(18)30-25-10-11-26-30/h6-11,13-14,20H,4-5,12H2,1-3H3. The fourth-order valence-corrected chi connectivity index (χ4v) is 4.21. The van der Waals surface area contributed by atoms with Crippen molar-refractivity contribution in [1.82, 2.24) is 30.0 Å². The number of nitrogens with zero attached hydrogens (tertiary/aromatic N) is 6. The highest BCUT2D eigenvalue weighted by molar-refractivity contribution is 5.98. The van der Waals surface area contributed by atoms with Crippen molar-refractivity contribution in [3.63, 3.8) is 0 Å². The van der Waals surface area contributed by atoms with Gasteiger partial charge in [-0.15, -0.1) is 0 Å². The minimum atomic E-state index is -0.232. The molecule has 1 fully saturated rings. The fraction of sp³-hybridized carbons (Fsp3) is 0.292.